The molecule has 0 radical (unpaired) electrons. The second-order valence-corrected chi connectivity index (χ2v) is 9.57. The molecule has 1 aromatic heterocycles. The van der Waals surface area contributed by atoms with Gasteiger partial charge in [-0.3, -0.25) is 9.10 Å². The Morgan fingerprint density at radius 3 is 2.55 bits per heavy atom. The van der Waals surface area contributed by atoms with Crippen LogP contribution in [0.3, 0.4) is 0 Å². The Bertz CT molecular complexity index is 1220. The average molecular weight is 483 g/mol. The maximum atomic E-state index is 14.4. The molecule has 0 unspecified atom stereocenters. The van der Waals surface area contributed by atoms with Gasteiger partial charge in [-0.25, -0.2) is 17.6 Å². The molecule has 0 saturated heterocycles. The van der Waals surface area contributed by atoms with Gasteiger partial charge in [0.25, 0.3) is 10.0 Å². The number of thiophene rings is 1. The fraction of sp³-hybridized carbons (Fsp3) is 0.100. The molecule has 162 valence electrons. The van der Waals surface area contributed by atoms with Crippen molar-refractivity contribution in [1.82, 2.24) is 0 Å². The van der Waals surface area contributed by atoms with E-state index in [9.17, 15) is 22.4 Å². The van der Waals surface area contributed by atoms with E-state index < -0.39 is 34.3 Å². The third kappa shape index (κ3) is 5.04. The third-order valence-electron chi connectivity index (χ3n) is 4.10. The minimum atomic E-state index is -4.20. The lowest BCUT2D eigenvalue weighted by Gasteiger charge is -2.23. The van der Waals surface area contributed by atoms with Gasteiger partial charge in [0.1, 0.15) is 16.6 Å². The number of amides is 1. The summed E-state index contributed by atoms with van der Waals surface area (Å²) in [7, 11) is -3.01. The first-order valence-corrected chi connectivity index (χ1v) is 11.4. The molecule has 0 bridgehead atoms. The quantitative estimate of drug-likeness (QED) is 0.510. The van der Waals surface area contributed by atoms with E-state index in [0.29, 0.717) is 4.31 Å². The molecule has 1 heterocycles. The van der Waals surface area contributed by atoms with Crippen molar-refractivity contribution in [2.45, 2.75) is 4.21 Å². The van der Waals surface area contributed by atoms with Crippen LogP contribution >= 0.6 is 22.9 Å². The van der Waals surface area contributed by atoms with E-state index in [0.717, 1.165) is 17.4 Å². The van der Waals surface area contributed by atoms with E-state index in [4.69, 9.17) is 11.6 Å². The number of esters is 1. The second-order valence-electron chi connectivity index (χ2n) is 6.13. The number of nitrogens with zero attached hydrogens (tertiary/aromatic N) is 1. The number of sulfonamides is 1. The number of benzene rings is 2. The first kappa shape index (κ1) is 22.7. The monoisotopic (exact) mass is 482 g/mol. The number of carbonyl (C=O) groups excluding carboxylic acids is 2. The topological polar surface area (TPSA) is 92.8 Å². The smallest absolute Gasteiger partial charge is 0.339 e. The summed E-state index contributed by atoms with van der Waals surface area (Å²) in [6.07, 6.45) is 0. The van der Waals surface area contributed by atoms with Crippen molar-refractivity contribution in [3.05, 3.63) is 76.4 Å². The molecular formula is C20H16ClFN2O5S2. The number of hydrogen-bond acceptors (Lipinski definition) is 6. The number of para-hydroxylation sites is 1. The first-order valence-electron chi connectivity index (χ1n) is 8.72. The molecule has 1 amide bonds. The van der Waals surface area contributed by atoms with Crippen LogP contribution in [0.25, 0.3) is 0 Å². The summed E-state index contributed by atoms with van der Waals surface area (Å²) >= 11 is 6.91. The van der Waals surface area contributed by atoms with Crippen molar-refractivity contribution in [3.8, 4) is 0 Å². The van der Waals surface area contributed by atoms with Gasteiger partial charge in [-0.05, 0) is 41.8 Å². The molecule has 2 aromatic carbocycles. The van der Waals surface area contributed by atoms with Gasteiger partial charge >= 0.3 is 5.97 Å². The maximum absolute atomic E-state index is 14.4. The van der Waals surface area contributed by atoms with Crippen LogP contribution < -0.4 is 9.62 Å². The minimum Gasteiger partial charge on any atom is -0.465 e. The number of halogens is 2. The van der Waals surface area contributed by atoms with Gasteiger partial charge in [-0.15, -0.1) is 11.3 Å². The number of methoxy groups -OCH3 is 1. The van der Waals surface area contributed by atoms with Crippen molar-refractivity contribution in [2.24, 2.45) is 0 Å². The molecule has 0 aliphatic heterocycles. The zero-order valence-electron chi connectivity index (χ0n) is 16.0. The Kier molecular flexibility index (Phi) is 6.94. The normalized spacial score (nSPS) is 11.1. The van der Waals surface area contributed by atoms with Crippen LogP contribution in [-0.4, -0.2) is 33.9 Å². The number of hydrogen-bond donors (Lipinski definition) is 1. The van der Waals surface area contributed by atoms with Gasteiger partial charge in [-0.1, -0.05) is 29.8 Å². The lowest BCUT2D eigenvalue weighted by atomic mass is 10.2. The lowest BCUT2D eigenvalue weighted by Crippen LogP contribution is -2.38. The Hall–Kier alpha value is -2.95. The van der Waals surface area contributed by atoms with Crippen LogP contribution in [0, 0.1) is 5.82 Å². The highest BCUT2D eigenvalue weighted by atomic mass is 35.5. The van der Waals surface area contributed by atoms with Gasteiger partial charge in [0.2, 0.25) is 5.91 Å². The first-order chi connectivity index (χ1) is 14.7. The molecule has 0 atom stereocenters. The maximum Gasteiger partial charge on any atom is 0.339 e. The largest absolute Gasteiger partial charge is 0.465 e. The lowest BCUT2D eigenvalue weighted by molar-refractivity contribution is -0.114. The second kappa shape index (κ2) is 9.46. The van der Waals surface area contributed by atoms with Gasteiger partial charge in [-0.2, -0.15) is 0 Å². The van der Waals surface area contributed by atoms with E-state index >= 15 is 0 Å². The summed E-state index contributed by atoms with van der Waals surface area (Å²) < 4.78 is 45.8. The number of rotatable bonds is 7. The Balaban J connectivity index is 1.91. The number of nitrogens with one attached hydrogen (secondary N) is 1. The molecule has 0 aliphatic rings. The summed E-state index contributed by atoms with van der Waals surface area (Å²) in [6.45, 7) is -0.697. The molecule has 0 fully saturated rings. The Morgan fingerprint density at radius 1 is 1.16 bits per heavy atom. The standard InChI is InChI=1S/C20H16ClFN2O5S2/c1-29-20(26)14-11-13(8-9-15(14)21)23-18(25)12-24(17-6-3-2-5-16(17)22)31(27,28)19-7-4-10-30-19/h2-11H,12H2,1H3,(H,23,25). The molecule has 3 aromatic rings. The van der Waals surface area contributed by atoms with Crippen LogP contribution in [0.2, 0.25) is 5.02 Å². The van der Waals surface area contributed by atoms with Crippen molar-refractivity contribution in [3.63, 3.8) is 0 Å². The predicted molar refractivity (Wildman–Crippen MR) is 117 cm³/mol. The van der Waals surface area contributed by atoms with E-state index in [1.54, 1.807) is 11.4 Å². The van der Waals surface area contributed by atoms with Crippen LogP contribution in [0.4, 0.5) is 15.8 Å². The van der Waals surface area contributed by atoms with Gasteiger partial charge in [0, 0.05) is 5.69 Å². The molecule has 11 heteroatoms. The average Bonchev–Trinajstić information content (AvgIpc) is 3.29. The molecule has 31 heavy (non-hydrogen) atoms. The summed E-state index contributed by atoms with van der Waals surface area (Å²) in [5, 5.41) is 4.18. The van der Waals surface area contributed by atoms with Gasteiger partial charge in [0.05, 0.1) is 23.4 Å². The van der Waals surface area contributed by atoms with E-state index in [1.807, 2.05) is 0 Å². The molecule has 0 aliphatic carbocycles. The number of carbonyl (C=O) groups is 2. The zero-order chi connectivity index (χ0) is 22.6. The summed E-state index contributed by atoms with van der Waals surface area (Å²) in [5.41, 5.74) is -0.0478. The fourth-order valence-electron chi connectivity index (χ4n) is 2.67. The van der Waals surface area contributed by atoms with Crippen LogP contribution in [0.15, 0.2) is 64.2 Å². The molecular weight excluding hydrogens is 467 g/mol. The molecule has 1 N–H and O–H groups in total. The van der Waals surface area contributed by atoms with Crippen molar-refractivity contribution >= 4 is 56.2 Å². The third-order valence-corrected chi connectivity index (χ3v) is 7.57. The Morgan fingerprint density at radius 2 is 1.90 bits per heavy atom. The minimum absolute atomic E-state index is 0.0270. The van der Waals surface area contributed by atoms with Crippen LogP contribution in [0.5, 0.6) is 0 Å². The van der Waals surface area contributed by atoms with E-state index in [1.165, 1.54) is 49.6 Å². The highest BCUT2D eigenvalue weighted by molar-refractivity contribution is 7.94. The highest BCUT2D eigenvalue weighted by Gasteiger charge is 2.30. The summed E-state index contributed by atoms with van der Waals surface area (Å²) in [6, 6.07) is 12.3. The number of ether oxygens (including phenoxy) is 1. The predicted octanol–water partition coefficient (Wildman–Crippen LogP) is 4.16. The number of anilines is 2. The van der Waals surface area contributed by atoms with Gasteiger partial charge in [0.15, 0.2) is 0 Å². The van der Waals surface area contributed by atoms with Crippen LogP contribution in [-0.2, 0) is 19.6 Å². The molecule has 0 spiro atoms. The molecule has 0 saturated carbocycles. The van der Waals surface area contributed by atoms with Crippen molar-refractivity contribution in [2.75, 3.05) is 23.3 Å². The highest BCUT2D eigenvalue weighted by Crippen LogP contribution is 2.28. The van der Waals surface area contributed by atoms with E-state index in [2.05, 4.69) is 10.1 Å². The molecule has 7 nitrogen and oxygen atoms in total. The fourth-order valence-corrected chi connectivity index (χ4v) is 5.40. The van der Waals surface area contributed by atoms with Crippen molar-refractivity contribution in [1.29, 1.82) is 0 Å². The van der Waals surface area contributed by atoms with Gasteiger partial charge < -0.3 is 10.1 Å². The summed E-state index contributed by atoms with van der Waals surface area (Å²) in [5.74, 6) is -2.24. The van der Waals surface area contributed by atoms with Crippen molar-refractivity contribution < 1.29 is 27.1 Å². The van der Waals surface area contributed by atoms with Crippen LogP contribution in [0.1, 0.15) is 10.4 Å². The Labute approximate surface area is 187 Å². The zero-order valence-corrected chi connectivity index (χ0v) is 18.4. The molecule has 3 rings (SSSR count). The van der Waals surface area contributed by atoms with E-state index in [-0.39, 0.29) is 26.2 Å². The SMILES string of the molecule is COC(=O)c1cc(NC(=O)CN(c2ccccc2F)S(=O)(=O)c2cccs2)ccc1Cl. The summed E-state index contributed by atoms with van der Waals surface area (Å²) in [4.78, 5) is 24.5.